The third-order valence-electron chi connectivity index (χ3n) is 4.48. The molecular formula is C18H32N4. The highest BCUT2D eigenvalue weighted by molar-refractivity contribution is 5.22. The summed E-state index contributed by atoms with van der Waals surface area (Å²) in [5.74, 6) is 0. The molecule has 0 bridgehead atoms. The fourth-order valence-electron chi connectivity index (χ4n) is 2.91. The van der Waals surface area contributed by atoms with E-state index in [2.05, 4.69) is 46.3 Å². The van der Waals surface area contributed by atoms with Gasteiger partial charge in [0.05, 0.1) is 0 Å². The van der Waals surface area contributed by atoms with Crippen LogP contribution in [-0.4, -0.2) is 55.6 Å². The van der Waals surface area contributed by atoms with E-state index in [1.54, 1.807) is 0 Å². The van der Waals surface area contributed by atoms with Crippen LogP contribution in [0.5, 0.6) is 0 Å². The van der Waals surface area contributed by atoms with E-state index in [4.69, 9.17) is 5.73 Å². The summed E-state index contributed by atoms with van der Waals surface area (Å²) in [7, 11) is 0. The molecule has 0 spiro atoms. The number of unbranched alkanes of at least 4 members (excludes halogenated alkanes) is 1. The van der Waals surface area contributed by atoms with Crippen molar-refractivity contribution >= 4 is 0 Å². The van der Waals surface area contributed by atoms with Crippen molar-refractivity contribution in [2.24, 2.45) is 5.73 Å². The Morgan fingerprint density at radius 2 is 1.59 bits per heavy atom. The van der Waals surface area contributed by atoms with Gasteiger partial charge in [0.2, 0.25) is 0 Å². The van der Waals surface area contributed by atoms with Crippen molar-refractivity contribution in [1.29, 1.82) is 0 Å². The summed E-state index contributed by atoms with van der Waals surface area (Å²) in [5.41, 5.74) is 8.29. The zero-order valence-electron chi connectivity index (χ0n) is 14.1. The van der Waals surface area contributed by atoms with Crippen LogP contribution in [0.4, 0.5) is 0 Å². The van der Waals surface area contributed by atoms with Gasteiger partial charge >= 0.3 is 0 Å². The van der Waals surface area contributed by atoms with Gasteiger partial charge in [-0.25, -0.2) is 0 Å². The molecule has 22 heavy (non-hydrogen) atoms. The van der Waals surface area contributed by atoms with Crippen LogP contribution in [0.3, 0.4) is 0 Å². The van der Waals surface area contributed by atoms with E-state index in [0.29, 0.717) is 0 Å². The fraction of sp³-hybridized carbons (Fsp3) is 0.667. The van der Waals surface area contributed by atoms with Gasteiger partial charge in [0.1, 0.15) is 0 Å². The van der Waals surface area contributed by atoms with Crippen LogP contribution in [0, 0.1) is 0 Å². The second-order valence-electron chi connectivity index (χ2n) is 6.20. The average Bonchev–Trinajstić information content (AvgIpc) is 2.57. The number of nitrogens with one attached hydrogen (secondary N) is 1. The largest absolute Gasteiger partial charge is 0.330 e. The molecule has 0 amide bonds. The summed E-state index contributed by atoms with van der Waals surface area (Å²) in [5, 5.41) is 3.48. The maximum absolute atomic E-state index is 5.50. The minimum Gasteiger partial charge on any atom is -0.330 e. The molecule has 0 saturated carbocycles. The number of nitrogens with two attached hydrogens (primary N) is 1. The van der Waals surface area contributed by atoms with Crippen LogP contribution in [-0.2, 0) is 13.1 Å². The number of piperazine rings is 1. The van der Waals surface area contributed by atoms with E-state index in [0.717, 1.165) is 32.6 Å². The molecule has 4 nitrogen and oxygen atoms in total. The smallest absolute Gasteiger partial charge is 0.0234 e. The van der Waals surface area contributed by atoms with E-state index >= 15 is 0 Å². The first-order valence-electron chi connectivity index (χ1n) is 8.75. The second-order valence-corrected chi connectivity index (χ2v) is 6.20. The summed E-state index contributed by atoms with van der Waals surface area (Å²) in [6, 6.07) is 9.08. The molecule has 0 aliphatic carbocycles. The average molecular weight is 304 g/mol. The number of nitrogens with zero attached hydrogens (tertiary/aromatic N) is 2. The summed E-state index contributed by atoms with van der Waals surface area (Å²) in [6.45, 7) is 12.1. The second kappa shape index (κ2) is 9.95. The van der Waals surface area contributed by atoms with Crippen LogP contribution in [0.15, 0.2) is 24.3 Å². The highest BCUT2D eigenvalue weighted by atomic mass is 15.3. The summed E-state index contributed by atoms with van der Waals surface area (Å²) >= 11 is 0. The van der Waals surface area contributed by atoms with Crippen LogP contribution < -0.4 is 11.1 Å². The normalized spacial score (nSPS) is 17.0. The lowest BCUT2D eigenvalue weighted by Crippen LogP contribution is -2.45. The molecule has 4 heteroatoms. The van der Waals surface area contributed by atoms with Crippen LogP contribution in [0.1, 0.15) is 30.9 Å². The van der Waals surface area contributed by atoms with Gasteiger partial charge in [-0.3, -0.25) is 4.90 Å². The van der Waals surface area contributed by atoms with Crippen molar-refractivity contribution in [2.45, 2.75) is 32.9 Å². The quantitative estimate of drug-likeness (QED) is 0.681. The molecule has 1 saturated heterocycles. The standard InChI is InChI=1S/C18H32N4/c1-2-21-11-13-22(14-12-21)16-18-7-5-17(6-8-18)15-20-10-4-3-9-19/h5-8,20H,2-4,9-16,19H2,1H3. The van der Waals surface area contributed by atoms with E-state index in [1.165, 1.54) is 50.3 Å². The van der Waals surface area contributed by atoms with Gasteiger partial charge in [-0.1, -0.05) is 31.2 Å². The number of hydrogen-bond donors (Lipinski definition) is 2. The maximum Gasteiger partial charge on any atom is 0.0234 e. The number of likely N-dealkylation sites (N-methyl/N-ethyl adjacent to an activating group) is 1. The lowest BCUT2D eigenvalue weighted by atomic mass is 10.1. The Bertz CT molecular complexity index is 396. The van der Waals surface area contributed by atoms with Gasteiger partial charge in [0.25, 0.3) is 0 Å². The van der Waals surface area contributed by atoms with Gasteiger partial charge < -0.3 is 16.0 Å². The molecule has 1 heterocycles. The van der Waals surface area contributed by atoms with Crippen molar-refractivity contribution in [3.05, 3.63) is 35.4 Å². The Morgan fingerprint density at radius 1 is 0.955 bits per heavy atom. The minimum atomic E-state index is 0.795. The number of benzene rings is 1. The predicted molar refractivity (Wildman–Crippen MR) is 93.8 cm³/mol. The molecule has 1 aromatic carbocycles. The Hall–Kier alpha value is -0.940. The number of hydrogen-bond acceptors (Lipinski definition) is 4. The topological polar surface area (TPSA) is 44.5 Å². The molecular weight excluding hydrogens is 272 g/mol. The molecule has 0 aromatic heterocycles. The Balaban J connectivity index is 1.68. The first-order chi connectivity index (χ1) is 10.8. The first kappa shape index (κ1) is 17.4. The Kier molecular flexibility index (Phi) is 7.88. The highest BCUT2D eigenvalue weighted by Crippen LogP contribution is 2.10. The SMILES string of the molecule is CCN1CCN(Cc2ccc(CNCCCCN)cc2)CC1. The fourth-order valence-corrected chi connectivity index (χ4v) is 2.91. The molecule has 0 radical (unpaired) electrons. The molecule has 1 aromatic rings. The molecule has 3 N–H and O–H groups in total. The van der Waals surface area contributed by atoms with Crippen LogP contribution >= 0.6 is 0 Å². The van der Waals surface area contributed by atoms with Gasteiger partial charge in [-0.05, 0) is 43.6 Å². The first-order valence-corrected chi connectivity index (χ1v) is 8.75. The molecule has 0 unspecified atom stereocenters. The number of rotatable bonds is 9. The van der Waals surface area contributed by atoms with Gasteiger partial charge in [-0.2, -0.15) is 0 Å². The van der Waals surface area contributed by atoms with E-state index in [9.17, 15) is 0 Å². The van der Waals surface area contributed by atoms with E-state index in [-0.39, 0.29) is 0 Å². The van der Waals surface area contributed by atoms with Crippen molar-refractivity contribution in [3.8, 4) is 0 Å². The zero-order valence-corrected chi connectivity index (χ0v) is 14.1. The zero-order chi connectivity index (χ0) is 15.6. The summed E-state index contributed by atoms with van der Waals surface area (Å²) in [6.07, 6.45) is 2.27. The molecule has 124 valence electrons. The van der Waals surface area contributed by atoms with Crippen LogP contribution in [0.25, 0.3) is 0 Å². The van der Waals surface area contributed by atoms with Crippen molar-refractivity contribution < 1.29 is 0 Å². The van der Waals surface area contributed by atoms with E-state index in [1.807, 2.05) is 0 Å². The van der Waals surface area contributed by atoms with Gasteiger partial charge in [0, 0.05) is 39.3 Å². The third-order valence-corrected chi connectivity index (χ3v) is 4.48. The molecule has 1 fully saturated rings. The van der Waals surface area contributed by atoms with Crippen LogP contribution in [0.2, 0.25) is 0 Å². The lowest BCUT2D eigenvalue weighted by molar-refractivity contribution is 0.132. The van der Waals surface area contributed by atoms with E-state index < -0.39 is 0 Å². The summed E-state index contributed by atoms with van der Waals surface area (Å²) in [4.78, 5) is 5.09. The summed E-state index contributed by atoms with van der Waals surface area (Å²) < 4.78 is 0. The van der Waals surface area contributed by atoms with Gasteiger partial charge in [0.15, 0.2) is 0 Å². The predicted octanol–water partition coefficient (Wildman–Crippen LogP) is 1.65. The third kappa shape index (κ3) is 6.05. The van der Waals surface area contributed by atoms with Gasteiger partial charge in [-0.15, -0.1) is 0 Å². The molecule has 1 aliphatic heterocycles. The van der Waals surface area contributed by atoms with Crippen molar-refractivity contribution in [2.75, 3.05) is 45.8 Å². The monoisotopic (exact) mass is 304 g/mol. The molecule has 1 aliphatic rings. The van der Waals surface area contributed by atoms with Crippen molar-refractivity contribution in [3.63, 3.8) is 0 Å². The molecule has 0 atom stereocenters. The maximum atomic E-state index is 5.50. The van der Waals surface area contributed by atoms with Crippen molar-refractivity contribution in [1.82, 2.24) is 15.1 Å². The Morgan fingerprint density at radius 3 is 2.23 bits per heavy atom. The highest BCUT2D eigenvalue weighted by Gasteiger charge is 2.15. The lowest BCUT2D eigenvalue weighted by Gasteiger charge is -2.34. The molecule has 2 rings (SSSR count). The Labute approximate surface area is 135 Å². The minimum absolute atomic E-state index is 0.795.